The summed E-state index contributed by atoms with van der Waals surface area (Å²) in [5.41, 5.74) is 0. The van der Waals surface area contributed by atoms with Crippen LogP contribution in [-0.4, -0.2) is 68.5 Å². The first-order valence-electron chi connectivity index (χ1n) is 24.4. The fraction of sp³-hybridized carbons (Fsp3) is 0.979. The zero-order chi connectivity index (χ0) is 41.4. The number of quaternary nitrogens is 1. The normalized spacial score (nSPS) is 14.2. The molecule has 0 aromatic rings. The van der Waals surface area contributed by atoms with Crippen molar-refractivity contribution in [3.8, 4) is 0 Å². The number of phosphoric acid groups is 1. The van der Waals surface area contributed by atoms with E-state index in [1.165, 1.54) is 180 Å². The fourth-order valence-corrected chi connectivity index (χ4v) is 8.18. The Morgan fingerprint density at radius 1 is 0.554 bits per heavy atom. The van der Waals surface area contributed by atoms with Crippen molar-refractivity contribution in [2.24, 2.45) is 0 Å². The van der Waals surface area contributed by atoms with Gasteiger partial charge in [0.05, 0.1) is 39.9 Å². The minimum absolute atomic E-state index is 0.0161. The second kappa shape index (κ2) is 39.9. The Morgan fingerprint density at radius 3 is 1.21 bits per heavy atom. The summed E-state index contributed by atoms with van der Waals surface area (Å²) in [5.74, 6) is -0.160. The number of unbranched alkanes of at least 4 members (excludes halogenated alkanes) is 32. The predicted octanol–water partition coefficient (Wildman–Crippen LogP) is 13.1. The molecule has 0 saturated carbocycles. The number of aliphatic hydroxyl groups is 1. The number of likely N-dealkylation sites (N-methyl/N-ethyl adjacent to an activating group) is 1. The van der Waals surface area contributed by atoms with Crippen LogP contribution in [0.4, 0.5) is 0 Å². The number of rotatable bonds is 45. The van der Waals surface area contributed by atoms with Crippen LogP contribution in [0.15, 0.2) is 0 Å². The van der Waals surface area contributed by atoms with E-state index in [2.05, 4.69) is 19.2 Å². The smallest absolute Gasteiger partial charge is 0.268 e. The first-order chi connectivity index (χ1) is 27.0. The zero-order valence-electron chi connectivity index (χ0n) is 38.1. The maximum absolute atomic E-state index is 12.9. The highest BCUT2D eigenvalue weighted by atomic mass is 31.2. The van der Waals surface area contributed by atoms with E-state index < -0.39 is 20.0 Å². The third-order valence-electron chi connectivity index (χ3n) is 11.3. The summed E-state index contributed by atoms with van der Waals surface area (Å²) in [5, 5.41) is 13.9. The third-order valence-corrected chi connectivity index (χ3v) is 12.3. The van der Waals surface area contributed by atoms with Crippen molar-refractivity contribution in [1.29, 1.82) is 0 Å². The zero-order valence-corrected chi connectivity index (χ0v) is 39.0. The second-order valence-corrected chi connectivity index (χ2v) is 19.6. The first-order valence-corrected chi connectivity index (χ1v) is 25.8. The van der Waals surface area contributed by atoms with Crippen molar-refractivity contribution in [1.82, 2.24) is 5.32 Å². The van der Waals surface area contributed by atoms with Crippen LogP contribution in [0, 0.1) is 0 Å². The van der Waals surface area contributed by atoms with Crippen LogP contribution in [-0.2, 0) is 18.4 Å². The molecule has 0 aromatic carbocycles. The maximum atomic E-state index is 12.9. The first kappa shape index (κ1) is 55.5. The van der Waals surface area contributed by atoms with E-state index in [1.54, 1.807) is 0 Å². The van der Waals surface area contributed by atoms with Crippen LogP contribution in [0.1, 0.15) is 245 Å². The number of aliphatic hydroxyl groups excluding tert-OH is 1. The minimum Gasteiger partial charge on any atom is -0.756 e. The SMILES string of the molecule is CCCCCCCCCCCCCCCCCCCCCCCCC(=O)NC(COP(=O)([O-])OCC[N+](C)(C)C)C(O)CCCCCCCCCCCCCC. The minimum atomic E-state index is -4.56. The van der Waals surface area contributed by atoms with Gasteiger partial charge in [-0.25, -0.2) is 0 Å². The molecule has 0 bridgehead atoms. The summed E-state index contributed by atoms with van der Waals surface area (Å²) in [6, 6.07) is -0.792. The fourth-order valence-electron chi connectivity index (χ4n) is 7.45. The Balaban J connectivity index is 4.17. The number of carbonyl (C=O) groups is 1. The largest absolute Gasteiger partial charge is 0.756 e. The molecule has 0 aliphatic heterocycles. The van der Waals surface area contributed by atoms with Gasteiger partial charge in [-0.05, 0) is 12.8 Å². The van der Waals surface area contributed by atoms with Crippen molar-refractivity contribution in [2.75, 3.05) is 40.9 Å². The molecular formula is C47H97N2O6P. The summed E-state index contributed by atoms with van der Waals surface area (Å²) in [6.07, 6.45) is 44.0. The molecule has 336 valence electrons. The van der Waals surface area contributed by atoms with Crippen molar-refractivity contribution < 1.29 is 32.9 Å². The molecule has 0 aliphatic rings. The Labute approximate surface area is 349 Å². The molecule has 3 unspecified atom stereocenters. The average Bonchev–Trinajstić information content (AvgIpc) is 3.15. The number of nitrogens with one attached hydrogen (secondary N) is 1. The van der Waals surface area contributed by atoms with Gasteiger partial charge >= 0.3 is 0 Å². The summed E-state index contributed by atoms with van der Waals surface area (Å²) >= 11 is 0. The highest BCUT2D eigenvalue weighted by Crippen LogP contribution is 2.38. The summed E-state index contributed by atoms with van der Waals surface area (Å²) in [6.45, 7) is 4.74. The van der Waals surface area contributed by atoms with Crippen LogP contribution in [0.5, 0.6) is 0 Å². The molecule has 9 heteroatoms. The van der Waals surface area contributed by atoms with Crippen molar-refractivity contribution >= 4 is 13.7 Å². The molecule has 56 heavy (non-hydrogen) atoms. The van der Waals surface area contributed by atoms with Crippen molar-refractivity contribution in [3.05, 3.63) is 0 Å². The van der Waals surface area contributed by atoms with E-state index in [1.807, 2.05) is 21.1 Å². The molecule has 0 heterocycles. The lowest BCUT2D eigenvalue weighted by Crippen LogP contribution is -2.46. The van der Waals surface area contributed by atoms with E-state index in [0.717, 1.165) is 38.5 Å². The molecule has 0 rings (SSSR count). The summed E-state index contributed by atoms with van der Waals surface area (Å²) in [4.78, 5) is 25.4. The van der Waals surface area contributed by atoms with Gasteiger partial charge in [-0.1, -0.05) is 226 Å². The number of carbonyl (C=O) groups excluding carboxylic acids is 1. The molecule has 0 radical (unpaired) electrons. The number of hydrogen-bond acceptors (Lipinski definition) is 6. The highest BCUT2D eigenvalue weighted by molar-refractivity contribution is 7.45. The number of hydrogen-bond donors (Lipinski definition) is 2. The summed E-state index contributed by atoms with van der Waals surface area (Å²) < 4.78 is 23.3. The lowest BCUT2D eigenvalue weighted by Gasteiger charge is -2.30. The molecule has 1 amide bonds. The lowest BCUT2D eigenvalue weighted by molar-refractivity contribution is -0.870. The molecule has 0 aliphatic carbocycles. The second-order valence-electron chi connectivity index (χ2n) is 18.2. The monoisotopic (exact) mass is 817 g/mol. The average molecular weight is 817 g/mol. The molecular weight excluding hydrogens is 719 g/mol. The van der Waals surface area contributed by atoms with Crippen molar-refractivity contribution in [2.45, 2.75) is 257 Å². The van der Waals surface area contributed by atoms with E-state index in [0.29, 0.717) is 23.9 Å². The van der Waals surface area contributed by atoms with E-state index >= 15 is 0 Å². The number of phosphoric ester groups is 1. The Hall–Kier alpha value is -0.500. The van der Waals surface area contributed by atoms with E-state index in [9.17, 15) is 19.4 Å². The molecule has 2 N–H and O–H groups in total. The van der Waals surface area contributed by atoms with Gasteiger partial charge < -0.3 is 28.8 Å². The van der Waals surface area contributed by atoms with Crippen LogP contribution in [0.2, 0.25) is 0 Å². The van der Waals surface area contributed by atoms with E-state index in [-0.39, 0.29) is 19.1 Å². The van der Waals surface area contributed by atoms with Gasteiger partial charge in [0.2, 0.25) is 5.91 Å². The molecule has 0 fully saturated rings. The quantitative estimate of drug-likeness (QED) is 0.0360. The topological polar surface area (TPSA) is 108 Å². The van der Waals surface area contributed by atoms with Gasteiger partial charge in [-0.2, -0.15) is 0 Å². The van der Waals surface area contributed by atoms with Crippen molar-refractivity contribution in [3.63, 3.8) is 0 Å². The Morgan fingerprint density at radius 2 is 0.875 bits per heavy atom. The Kier molecular flexibility index (Phi) is 39.6. The van der Waals surface area contributed by atoms with Gasteiger partial charge in [0.1, 0.15) is 13.2 Å². The number of nitrogens with zero attached hydrogens (tertiary/aromatic N) is 1. The predicted molar refractivity (Wildman–Crippen MR) is 238 cm³/mol. The third kappa shape index (κ3) is 41.7. The molecule has 8 nitrogen and oxygen atoms in total. The van der Waals surface area contributed by atoms with Gasteiger partial charge in [0, 0.05) is 6.42 Å². The standard InChI is InChI=1S/C47H97N2O6P/c1-6-8-10-12-14-16-18-20-21-22-23-24-25-26-27-28-29-31-33-35-37-39-41-47(51)48-45(44-55-56(52,53)54-43-42-49(3,4)5)46(50)40-38-36-34-32-30-19-17-15-13-11-9-7-2/h45-46,50H,6-44H2,1-5H3,(H-,48,51,52,53). The van der Waals surface area contributed by atoms with Gasteiger partial charge in [-0.3, -0.25) is 9.36 Å². The van der Waals surface area contributed by atoms with Crippen LogP contribution < -0.4 is 10.2 Å². The van der Waals surface area contributed by atoms with Gasteiger partial charge in [0.15, 0.2) is 0 Å². The van der Waals surface area contributed by atoms with Crippen LogP contribution in [0.3, 0.4) is 0 Å². The molecule has 0 saturated heterocycles. The summed E-state index contributed by atoms with van der Waals surface area (Å²) in [7, 11) is 1.32. The van der Waals surface area contributed by atoms with Crippen LogP contribution in [0.25, 0.3) is 0 Å². The van der Waals surface area contributed by atoms with Gasteiger partial charge in [-0.15, -0.1) is 0 Å². The Bertz CT molecular complexity index is 885. The molecule has 3 atom stereocenters. The molecule has 0 aromatic heterocycles. The molecule has 0 spiro atoms. The maximum Gasteiger partial charge on any atom is 0.268 e. The number of amides is 1. The van der Waals surface area contributed by atoms with Gasteiger partial charge in [0.25, 0.3) is 7.82 Å². The van der Waals surface area contributed by atoms with E-state index in [4.69, 9.17) is 9.05 Å². The van der Waals surface area contributed by atoms with Crippen LogP contribution >= 0.6 is 7.82 Å². The lowest BCUT2D eigenvalue weighted by atomic mass is 10.0. The highest BCUT2D eigenvalue weighted by Gasteiger charge is 2.24.